The molecule has 3 aromatic rings. The second-order valence-electron chi connectivity index (χ2n) is 8.70. The molecule has 0 fully saturated rings. The van der Waals surface area contributed by atoms with Gasteiger partial charge in [-0.15, -0.1) is 0 Å². The number of hydrogen-bond donors (Lipinski definition) is 2. The topological polar surface area (TPSA) is 137 Å². The maximum Gasteiger partial charge on any atom is 0.416 e. The molecule has 0 aromatic heterocycles. The van der Waals surface area contributed by atoms with Gasteiger partial charge in [0.1, 0.15) is 11.5 Å². The minimum atomic E-state index is -4.89. The molecule has 0 heterocycles. The molecule has 2 atom stereocenters. The summed E-state index contributed by atoms with van der Waals surface area (Å²) in [6.07, 6.45) is -15.1. The lowest BCUT2D eigenvalue weighted by atomic mass is 10.1. The minimum absolute atomic E-state index is 0.00468. The monoisotopic (exact) mass is 629 g/mol. The van der Waals surface area contributed by atoms with Crippen LogP contribution in [0.15, 0.2) is 66.7 Å². The van der Waals surface area contributed by atoms with Crippen LogP contribution in [0.25, 0.3) is 0 Å². The first-order chi connectivity index (χ1) is 20.5. The van der Waals surface area contributed by atoms with Crippen molar-refractivity contribution >= 4 is 29.5 Å². The van der Waals surface area contributed by atoms with E-state index in [1.165, 1.54) is 32.4 Å². The van der Waals surface area contributed by atoms with Gasteiger partial charge in [0.05, 0.1) is 42.2 Å². The highest BCUT2D eigenvalue weighted by Gasteiger charge is 2.42. The predicted octanol–water partition coefficient (Wildman–Crippen LogP) is 5.22. The summed E-state index contributed by atoms with van der Waals surface area (Å²) < 4.78 is 99.0. The normalized spacial score (nSPS) is 12.8. The summed E-state index contributed by atoms with van der Waals surface area (Å²) in [5.41, 5.74) is -4.26. The number of carbonyl (C=O) groups excluding carboxylic acids is 3. The molecular formula is C28H21F6NO9. The Bertz CT molecular complexity index is 1560. The zero-order valence-corrected chi connectivity index (χ0v) is 22.5. The first kappa shape index (κ1) is 33.2. The van der Waals surface area contributed by atoms with Crippen molar-refractivity contribution in [1.29, 1.82) is 0 Å². The van der Waals surface area contributed by atoms with Gasteiger partial charge in [-0.25, -0.2) is 14.4 Å². The van der Waals surface area contributed by atoms with E-state index in [0.717, 1.165) is 24.3 Å². The van der Waals surface area contributed by atoms with Crippen LogP contribution in [0.5, 0.6) is 11.5 Å². The van der Waals surface area contributed by atoms with Crippen LogP contribution in [-0.2, 0) is 31.4 Å². The Kier molecular flexibility index (Phi) is 10.1. The fourth-order valence-corrected chi connectivity index (χ4v) is 3.62. The number of alkyl halides is 6. The quantitative estimate of drug-likeness (QED) is 0.229. The van der Waals surface area contributed by atoms with Crippen molar-refractivity contribution in [3.8, 4) is 11.5 Å². The molecule has 0 aliphatic carbocycles. The number of nitrogens with one attached hydrogen (secondary N) is 1. The second-order valence-corrected chi connectivity index (χ2v) is 8.70. The number of aliphatic carboxylic acids is 1. The number of rotatable bonds is 10. The summed E-state index contributed by atoms with van der Waals surface area (Å²) in [5, 5.41) is 12.0. The molecule has 3 aromatic carbocycles. The fourth-order valence-electron chi connectivity index (χ4n) is 3.62. The second kappa shape index (κ2) is 13.4. The average molecular weight is 629 g/mol. The highest BCUT2D eigenvalue weighted by Crippen LogP contribution is 2.32. The largest absolute Gasteiger partial charge is 0.497 e. The molecule has 0 aliphatic heterocycles. The van der Waals surface area contributed by atoms with Crippen molar-refractivity contribution in [2.75, 3.05) is 19.5 Å². The summed E-state index contributed by atoms with van der Waals surface area (Å²) in [6.45, 7) is 0. The van der Waals surface area contributed by atoms with Crippen molar-refractivity contribution < 1.29 is 69.6 Å². The smallest absolute Gasteiger partial charge is 0.416 e. The van der Waals surface area contributed by atoms with Gasteiger partial charge < -0.3 is 29.4 Å². The number of benzene rings is 3. The first-order valence-electron chi connectivity index (χ1n) is 12.1. The molecular weight excluding hydrogens is 608 g/mol. The summed E-state index contributed by atoms with van der Waals surface area (Å²) in [7, 11) is 2.49. The fraction of sp³-hybridized carbons (Fsp3) is 0.214. The molecule has 10 nitrogen and oxygen atoms in total. The van der Waals surface area contributed by atoms with Crippen LogP contribution < -0.4 is 14.8 Å². The van der Waals surface area contributed by atoms with E-state index >= 15 is 0 Å². The summed E-state index contributed by atoms with van der Waals surface area (Å²) >= 11 is 0. The van der Waals surface area contributed by atoms with E-state index in [-0.39, 0.29) is 17.2 Å². The van der Waals surface area contributed by atoms with Crippen molar-refractivity contribution in [3.63, 3.8) is 0 Å². The van der Waals surface area contributed by atoms with Gasteiger partial charge in [-0.2, -0.15) is 26.3 Å². The molecule has 0 saturated heterocycles. The molecule has 0 radical (unpaired) electrons. The van der Waals surface area contributed by atoms with Gasteiger partial charge in [0.25, 0.3) is 5.91 Å². The van der Waals surface area contributed by atoms with Gasteiger partial charge >= 0.3 is 30.3 Å². The van der Waals surface area contributed by atoms with Gasteiger partial charge in [0.15, 0.2) is 0 Å². The van der Waals surface area contributed by atoms with Crippen LogP contribution >= 0.6 is 0 Å². The van der Waals surface area contributed by atoms with Crippen LogP contribution in [0.2, 0.25) is 0 Å². The number of carboxylic acid groups (broad SMARTS) is 1. The Hall–Kier alpha value is -5.28. The zero-order chi connectivity index (χ0) is 32.8. The standard InChI is InChI=1S/C28H21F6NO9/c1-41-18-9-10-20(42-2)19(13-18)35-23(36)21(43-25(39)14-5-3-7-16(11-14)27(29,30)31)22(24(37)38)44-26(40)15-6-4-8-17(12-15)28(32,33)34/h3-13,21-22H,1-2H3,(H,35,36)(H,37,38)/t21-,22-/m1/s1. The SMILES string of the molecule is COc1ccc(OC)c(NC(=O)[C@H](OC(=O)c2cccc(C(F)(F)F)c2)[C@@H](OC(=O)c2cccc(C(F)(F)F)c2)C(=O)O)c1. The number of halogens is 6. The maximum atomic E-state index is 13.4. The van der Waals surface area contributed by atoms with E-state index in [1.54, 1.807) is 0 Å². The first-order valence-corrected chi connectivity index (χ1v) is 12.1. The van der Waals surface area contributed by atoms with Crippen LogP contribution in [-0.4, -0.2) is 55.3 Å². The summed E-state index contributed by atoms with van der Waals surface area (Å²) in [4.78, 5) is 51.2. The third-order valence-corrected chi connectivity index (χ3v) is 5.76. The number of anilines is 1. The highest BCUT2D eigenvalue weighted by atomic mass is 19.4. The lowest BCUT2D eigenvalue weighted by molar-refractivity contribution is -0.157. The van der Waals surface area contributed by atoms with Gasteiger partial charge in [0, 0.05) is 6.07 Å². The van der Waals surface area contributed by atoms with Crippen molar-refractivity contribution in [1.82, 2.24) is 0 Å². The van der Waals surface area contributed by atoms with Crippen LogP contribution in [0.4, 0.5) is 32.0 Å². The van der Waals surface area contributed by atoms with E-state index in [9.17, 15) is 50.6 Å². The molecule has 2 N–H and O–H groups in total. The molecule has 16 heteroatoms. The van der Waals surface area contributed by atoms with Crippen molar-refractivity contribution in [3.05, 3.63) is 89.0 Å². The van der Waals surface area contributed by atoms with Crippen molar-refractivity contribution in [2.24, 2.45) is 0 Å². The molecule has 1 amide bonds. The Morgan fingerprint density at radius 1 is 0.705 bits per heavy atom. The number of carboxylic acids is 1. The number of amides is 1. The highest BCUT2D eigenvalue weighted by molar-refractivity contribution is 6.02. The van der Waals surface area contributed by atoms with Crippen LogP contribution in [0.3, 0.4) is 0 Å². The molecule has 44 heavy (non-hydrogen) atoms. The van der Waals surface area contributed by atoms with E-state index < -0.39 is 70.6 Å². The van der Waals surface area contributed by atoms with Gasteiger partial charge in [-0.05, 0) is 48.5 Å². The average Bonchev–Trinajstić information content (AvgIpc) is 2.97. The summed E-state index contributed by atoms with van der Waals surface area (Å²) in [6, 6.07) is 9.37. The molecule has 0 bridgehead atoms. The third-order valence-electron chi connectivity index (χ3n) is 5.76. The molecule has 0 spiro atoms. The van der Waals surface area contributed by atoms with Crippen LogP contribution in [0.1, 0.15) is 31.8 Å². The molecule has 0 saturated carbocycles. The predicted molar refractivity (Wildman–Crippen MR) is 137 cm³/mol. The Morgan fingerprint density at radius 2 is 1.20 bits per heavy atom. The zero-order valence-electron chi connectivity index (χ0n) is 22.5. The van der Waals surface area contributed by atoms with Gasteiger partial charge in [-0.3, -0.25) is 4.79 Å². The third kappa shape index (κ3) is 8.17. The van der Waals surface area contributed by atoms with E-state index in [2.05, 4.69) is 5.32 Å². The van der Waals surface area contributed by atoms with Crippen LogP contribution in [0, 0.1) is 0 Å². The Morgan fingerprint density at radius 3 is 1.64 bits per heavy atom. The Balaban J connectivity index is 2.03. The van der Waals surface area contributed by atoms with E-state index in [0.29, 0.717) is 24.3 Å². The maximum absolute atomic E-state index is 13.4. The van der Waals surface area contributed by atoms with E-state index in [1.807, 2.05) is 0 Å². The summed E-state index contributed by atoms with van der Waals surface area (Å²) in [5.74, 6) is -6.69. The molecule has 0 aliphatic rings. The minimum Gasteiger partial charge on any atom is -0.497 e. The number of ether oxygens (including phenoxy) is 4. The number of hydrogen-bond acceptors (Lipinski definition) is 8. The lowest BCUT2D eigenvalue weighted by Gasteiger charge is -2.24. The van der Waals surface area contributed by atoms with Crippen molar-refractivity contribution in [2.45, 2.75) is 24.6 Å². The van der Waals surface area contributed by atoms with Gasteiger partial charge in [0.2, 0.25) is 12.2 Å². The molecule has 234 valence electrons. The lowest BCUT2D eigenvalue weighted by Crippen LogP contribution is -2.48. The number of methoxy groups -OCH3 is 2. The number of esters is 2. The molecule has 3 rings (SSSR count). The molecule has 0 unspecified atom stereocenters. The number of carbonyl (C=O) groups is 4. The Labute approximate surface area is 244 Å². The van der Waals surface area contributed by atoms with Gasteiger partial charge in [-0.1, -0.05) is 12.1 Å². The van der Waals surface area contributed by atoms with E-state index in [4.69, 9.17) is 18.9 Å².